The zero-order chi connectivity index (χ0) is 8.27. The number of carbonyl (C=O) groups excluding carboxylic acids is 1. The van der Waals surface area contributed by atoms with Crippen LogP contribution in [0, 0.1) is 11.8 Å². The van der Waals surface area contributed by atoms with Crippen LogP contribution in [-0.2, 0) is 4.79 Å². The van der Waals surface area contributed by atoms with Gasteiger partial charge in [0.1, 0.15) is 5.78 Å². The zero-order valence-electron chi connectivity index (χ0n) is 7.08. The van der Waals surface area contributed by atoms with Gasteiger partial charge in [-0.3, -0.25) is 4.79 Å². The van der Waals surface area contributed by atoms with Crippen molar-refractivity contribution in [2.24, 2.45) is 11.8 Å². The molecule has 0 aromatic carbocycles. The molecule has 1 heteroatoms. The number of allylic oxidation sites excluding steroid dienone is 4. The number of ketones is 1. The lowest BCUT2D eigenvalue weighted by Gasteiger charge is -2.18. The van der Waals surface area contributed by atoms with Gasteiger partial charge in [-0.2, -0.15) is 0 Å². The minimum Gasteiger partial charge on any atom is -0.300 e. The van der Waals surface area contributed by atoms with Crippen LogP contribution in [0.2, 0.25) is 0 Å². The van der Waals surface area contributed by atoms with Crippen molar-refractivity contribution in [1.29, 1.82) is 0 Å². The molecule has 11 heavy (non-hydrogen) atoms. The summed E-state index contributed by atoms with van der Waals surface area (Å²) >= 11 is 0. The molecule has 0 saturated heterocycles. The summed E-state index contributed by atoms with van der Waals surface area (Å²) in [4.78, 5) is 11.0. The van der Waals surface area contributed by atoms with Gasteiger partial charge >= 0.3 is 0 Å². The van der Waals surface area contributed by atoms with Crippen molar-refractivity contribution in [2.45, 2.75) is 20.3 Å². The fourth-order valence-electron chi connectivity index (χ4n) is 1.27. The largest absolute Gasteiger partial charge is 0.300 e. The maximum Gasteiger partial charge on any atom is 0.133 e. The molecule has 0 heterocycles. The van der Waals surface area contributed by atoms with Crippen molar-refractivity contribution in [3.63, 3.8) is 0 Å². The van der Waals surface area contributed by atoms with E-state index in [1.165, 1.54) is 0 Å². The van der Waals surface area contributed by atoms with E-state index >= 15 is 0 Å². The first-order valence-corrected chi connectivity index (χ1v) is 4.05. The second-order valence-electron chi connectivity index (χ2n) is 3.11. The van der Waals surface area contributed by atoms with Crippen LogP contribution < -0.4 is 0 Å². The van der Waals surface area contributed by atoms with Crippen LogP contribution in [0.4, 0.5) is 0 Å². The highest BCUT2D eigenvalue weighted by Gasteiger charge is 2.17. The van der Waals surface area contributed by atoms with E-state index in [-0.39, 0.29) is 11.7 Å². The Labute approximate surface area is 67.8 Å². The molecule has 1 aliphatic carbocycles. The summed E-state index contributed by atoms with van der Waals surface area (Å²) in [6.07, 6.45) is 9.30. The zero-order valence-corrected chi connectivity index (χ0v) is 7.08. The molecule has 0 N–H and O–H groups in total. The molecule has 0 aromatic heterocycles. The first kappa shape index (κ1) is 8.25. The summed E-state index contributed by atoms with van der Waals surface area (Å²) < 4.78 is 0. The Kier molecular flexibility index (Phi) is 2.64. The Hall–Kier alpha value is -0.850. The highest BCUT2D eigenvalue weighted by atomic mass is 16.1. The number of carbonyl (C=O) groups is 1. The van der Waals surface area contributed by atoms with Crippen molar-refractivity contribution in [3.8, 4) is 0 Å². The van der Waals surface area contributed by atoms with Crippen LogP contribution in [0.25, 0.3) is 0 Å². The maximum atomic E-state index is 11.0. The lowest BCUT2D eigenvalue weighted by atomic mass is 9.86. The van der Waals surface area contributed by atoms with E-state index in [4.69, 9.17) is 0 Å². The highest BCUT2D eigenvalue weighted by Crippen LogP contribution is 2.21. The summed E-state index contributed by atoms with van der Waals surface area (Å²) in [6, 6.07) is 0. The molecule has 0 saturated carbocycles. The van der Waals surface area contributed by atoms with E-state index in [0.29, 0.717) is 5.92 Å². The number of rotatable bonds is 2. The Balaban J connectivity index is 2.55. The fourth-order valence-corrected chi connectivity index (χ4v) is 1.27. The monoisotopic (exact) mass is 150 g/mol. The van der Waals surface area contributed by atoms with Crippen LogP contribution >= 0.6 is 0 Å². The summed E-state index contributed by atoms with van der Waals surface area (Å²) in [5, 5.41) is 0. The average Bonchev–Trinajstić information content (AvgIpc) is 2.05. The topological polar surface area (TPSA) is 17.1 Å². The molecule has 0 amide bonds. The molecule has 0 bridgehead atoms. The van der Waals surface area contributed by atoms with Crippen molar-refractivity contribution in [1.82, 2.24) is 0 Å². The van der Waals surface area contributed by atoms with E-state index in [9.17, 15) is 4.79 Å². The average molecular weight is 150 g/mol. The molecule has 0 radical (unpaired) electrons. The number of hydrogen-bond donors (Lipinski definition) is 0. The second kappa shape index (κ2) is 3.51. The third-order valence-corrected chi connectivity index (χ3v) is 2.30. The SMILES string of the molecule is CC(=O)[C@@H](C)C1C=CC=CC1. The molecule has 1 rings (SSSR count). The third-order valence-electron chi connectivity index (χ3n) is 2.30. The van der Waals surface area contributed by atoms with Crippen LogP contribution in [0.15, 0.2) is 24.3 Å². The van der Waals surface area contributed by atoms with Crippen molar-refractivity contribution in [3.05, 3.63) is 24.3 Å². The van der Waals surface area contributed by atoms with Gasteiger partial charge in [0.25, 0.3) is 0 Å². The van der Waals surface area contributed by atoms with Gasteiger partial charge in [-0.1, -0.05) is 31.2 Å². The molecule has 0 aliphatic heterocycles. The molecular formula is C10H14O. The normalized spacial score (nSPS) is 25.1. The molecule has 0 aromatic rings. The summed E-state index contributed by atoms with van der Waals surface area (Å²) in [6.45, 7) is 3.66. The predicted molar refractivity (Wildman–Crippen MR) is 46.2 cm³/mol. The lowest BCUT2D eigenvalue weighted by molar-refractivity contribution is -0.121. The van der Waals surface area contributed by atoms with E-state index in [1.807, 2.05) is 19.1 Å². The standard InChI is InChI=1S/C10H14O/c1-8(9(2)11)10-6-4-3-5-7-10/h3-6,8,10H,7H2,1-2H3/t8-,10?/m1/s1. The quantitative estimate of drug-likeness (QED) is 0.590. The van der Waals surface area contributed by atoms with Gasteiger partial charge in [0.2, 0.25) is 0 Å². The fraction of sp³-hybridized carbons (Fsp3) is 0.500. The van der Waals surface area contributed by atoms with E-state index in [1.54, 1.807) is 6.92 Å². The van der Waals surface area contributed by atoms with Gasteiger partial charge in [-0.15, -0.1) is 0 Å². The Morgan fingerprint density at radius 3 is 2.73 bits per heavy atom. The number of hydrogen-bond acceptors (Lipinski definition) is 1. The Morgan fingerprint density at radius 1 is 1.55 bits per heavy atom. The highest BCUT2D eigenvalue weighted by molar-refractivity contribution is 5.78. The molecule has 1 unspecified atom stereocenters. The van der Waals surface area contributed by atoms with Gasteiger partial charge in [0, 0.05) is 5.92 Å². The lowest BCUT2D eigenvalue weighted by Crippen LogP contribution is -2.17. The Morgan fingerprint density at radius 2 is 2.27 bits per heavy atom. The van der Waals surface area contributed by atoms with Crippen molar-refractivity contribution < 1.29 is 4.79 Å². The maximum absolute atomic E-state index is 11.0. The number of Topliss-reactive ketones (excluding diaryl/α,β-unsaturated/α-hetero) is 1. The van der Waals surface area contributed by atoms with E-state index in [2.05, 4.69) is 12.2 Å². The summed E-state index contributed by atoms with van der Waals surface area (Å²) in [5.41, 5.74) is 0. The molecule has 1 aliphatic rings. The third kappa shape index (κ3) is 2.04. The van der Waals surface area contributed by atoms with Crippen LogP contribution in [0.5, 0.6) is 0 Å². The molecule has 60 valence electrons. The van der Waals surface area contributed by atoms with Crippen molar-refractivity contribution in [2.75, 3.05) is 0 Å². The van der Waals surface area contributed by atoms with Crippen LogP contribution in [0.1, 0.15) is 20.3 Å². The van der Waals surface area contributed by atoms with Gasteiger partial charge < -0.3 is 0 Å². The summed E-state index contributed by atoms with van der Waals surface area (Å²) in [5.74, 6) is 0.892. The van der Waals surface area contributed by atoms with Crippen LogP contribution in [0.3, 0.4) is 0 Å². The smallest absolute Gasteiger partial charge is 0.133 e. The molecule has 0 spiro atoms. The van der Waals surface area contributed by atoms with Gasteiger partial charge in [0.05, 0.1) is 0 Å². The first-order valence-electron chi connectivity index (χ1n) is 4.05. The molecule has 1 nitrogen and oxygen atoms in total. The molecule has 0 fully saturated rings. The van der Waals surface area contributed by atoms with Crippen molar-refractivity contribution >= 4 is 5.78 Å². The predicted octanol–water partition coefficient (Wildman–Crippen LogP) is 2.34. The first-order chi connectivity index (χ1) is 5.22. The van der Waals surface area contributed by atoms with E-state index in [0.717, 1.165) is 6.42 Å². The summed E-state index contributed by atoms with van der Waals surface area (Å²) in [7, 11) is 0. The van der Waals surface area contributed by atoms with Gasteiger partial charge in [-0.05, 0) is 19.3 Å². The minimum atomic E-state index is 0.177. The second-order valence-corrected chi connectivity index (χ2v) is 3.11. The van der Waals surface area contributed by atoms with E-state index < -0.39 is 0 Å². The Bertz CT molecular complexity index is 201. The van der Waals surface area contributed by atoms with Crippen LogP contribution in [-0.4, -0.2) is 5.78 Å². The van der Waals surface area contributed by atoms with Gasteiger partial charge in [-0.25, -0.2) is 0 Å². The molecule has 2 atom stereocenters. The molecular weight excluding hydrogens is 136 g/mol. The van der Waals surface area contributed by atoms with Gasteiger partial charge in [0.15, 0.2) is 0 Å². The minimum absolute atomic E-state index is 0.177.